The van der Waals surface area contributed by atoms with E-state index in [1.165, 1.54) is 5.56 Å². The molecule has 3 rings (SSSR count). The summed E-state index contributed by atoms with van der Waals surface area (Å²) in [5.41, 5.74) is 3.75. The number of carbonyl (C=O) groups is 1. The fraction of sp³-hybridized carbons (Fsp3) is 0.211. The Bertz CT molecular complexity index is 867. The van der Waals surface area contributed by atoms with E-state index < -0.39 is 0 Å². The minimum atomic E-state index is -0.276. The van der Waals surface area contributed by atoms with Crippen molar-refractivity contribution in [1.82, 2.24) is 15.0 Å². The van der Waals surface area contributed by atoms with Crippen molar-refractivity contribution in [2.24, 2.45) is 0 Å². The van der Waals surface area contributed by atoms with Crippen LogP contribution < -0.4 is 10.1 Å². The normalized spacial score (nSPS) is 10.5. The summed E-state index contributed by atoms with van der Waals surface area (Å²) < 4.78 is 6.79. The first kappa shape index (κ1) is 16.7. The van der Waals surface area contributed by atoms with Crippen LogP contribution >= 0.6 is 0 Å². The zero-order valence-electron chi connectivity index (χ0n) is 14.5. The Labute approximate surface area is 146 Å². The SMILES string of the molecule is CCc1ccc(NC(=O)c2nnn(-c3ccc(OC)cc3)c2C)cc1. The van der Waals surface area contributed by atoms with Crippen LogP contribution in [0.15, 0.2) is 48.5 Å². The fourth-order valence-electron chi connectivity index (χ4n) is 2.52. The van der Waals surface area contributed by atoms with Gasteiger partial charge in [0, 0.05) is 5.69 Å². The minimum Gasteiger partial charge on any atom is -0.497 e. The summed E-state index contributed by atoms with van der Waals surface area (Å²) in [5.74, 6) is 0.483. The molecule has 25 heavy (non-hydrogen) atoms. The number of carbonyl (C=O) groups excluding carboxylic acids is 1. The third kappa shape index (κ3) is 3.52. The molecular weight excluding hydrogens is 316 g/mol. The van der Waals surface area contributed by atoms with E-state index >= 15 is 0 Å². The number of aromatic nitrogens is 3. The van der Waals surface area contributed by atoms with Gasteiger partial charge in [-0.1, -0.05) is 24.3 Å². The number of ether oxygens (including phenoxy) is 1. The maximum absolute atomic E-state index is 12.5. The first-order valence-corrected chi connectivity index (χ1v) is 8.09. The average Bonchev–Trinajstić information content (AvgIpc) is 3.04. The average molecular weight is 336 g/mol. The molecular formula is C19H20N4O2. The summed E-state index contributed by atoms with van der Waals surface area (Å²) in [5, 5.41) is 11.0. The van der Waals surface area contributed by atoms with Gasteiger partial charge < -0.3 is 10.1 Å². The summed E-state index contributed by atoms with van der Waals surface area (Å²) in [4.78, 5) is 12.5. The highest BCUT2D eigenvalue weighted by Gasteiger charge is 2.17. The number of anilines is 1. The van der Waals surface area contributed by atoms with Gasteiger partial charge in [-0.3, -0.25) is 4.79 Å². The number of hydrogen-bond donors (Lipinski definition) is 1. The van der Waals surface area contributed by atoms with Crippen molar-refractivity contribution < 1.29 is 9.53 Å². The molecule has 2 aromatic carbocycles. The summed E-state index contributed by atoms with van der Waals surface area (Å²) in [6, 6.07) is 15.2. The summed E-state index contributed by atoms with van der Waals surface area (Å²) in [6.07, 6.45) is 0.962. The lowest BCUT2D eigenvalue weighted by atomic mass is 10.1. The van der Waals surface area contributed by atoms with E-state index in [-0.39, 0.29) is 5.91 Å². The van der Waals surface area contributed by atoms with Crippen LogP contribution in [0.3, 0.4) is 0 Å². The van der Waals surface area contributed by atoms with E-state index in [0.717, 1.165) is 23.5 Å². The molecule has 0 saturated heterocycles. The molecule has 0 saturated carbocycles. The van der Waals surface area contributed by atoms with E-state index in [1.807, 2.05) is 55.5 Å². The molecule has 0 bridgehead atoms. The van der Waals surface area contributed by atoms with Gasteiger partial charge in [0.05, 0.1) is 18.5 Å². The third-order valence-corrected chi connectivity index (χ3v) is 4.05. The monoisotopic (exact) mass is 336 g/mol. The molecule has 0 radical (unpaired) electrons. The van der Waals surface area contributed by atoms with Crippen molar-refractivity contribution in [3.05, 3.63) is 65.5 Å². The molecule has 0 fully saturated rings. The van der Waals surface area contributed by atoms with Gasteiger partial charge in [0.15, 0.2) is 5.69 Å². The topological polar surface area (TPSA) is 69.0 Å². The van der Waals surface area contributed by atoms with E-state index in [2.05, 4.69) is 22.6 Å². The van der Waals surface area contributed by atoms with Crippen molar-refractivity contribution in [2.45, 2.75) is 20.3 Å². The number of rotatable bonds is 5. The van der Waals surface area contributed by atoms with Crippen molar-refractivity contribution >= 4 is 11.6 Å². The number of benzene rings is 2. The van der Waals surface area contributed by atoms with Gasteiger partial charge in [-0.2, -0.15) is 0 Å². The summed E-state index contributed by atoms with van der Waals surface area (Å²) in [7, 11) is 1.62. The predicted octanol–water partition coefficient (Wildman–Crippen LogP) is 3.40. The van der Waals surface area contributed by atoms with Crippen LogP contribution in [-0.4, -0.2) is 28.0 Å². The molecule has 3 aromatic rings. The summed E-state index contributed by atoms with van der Waals surface area (Å²) in [6.45, 7) is 3.91. The Morgan fingerprint density at radius 2 is 1.80 bits per heavy atom. The van der Waals surface area contributed by atoms with Crippen molar-refractivity contribution in [3.63, 3.8) is 0 Å². The number of aryl methyl sites for hydroxylation is 1. The van der Waals surface area contributed by atoms with Crippen LogP contribution in [0.5, 0.6) is 5.75 Å². The van der Waals surface area contributed by atoms with Crippen LogP contribution in [-0.2, 0) is 6.42 Å². The largest absolute Gasteiger partial charge is 0.497 e. The second-order valence-electron chi connectivity index (χ2n) is 5.64. The number of hydrogen-bond acceptors (Lipinski definition) is 4. The molecule has 1 N–H and O–H groups in total. The van der Waals surface area contributed by atoms with Gasteiger partial charge in [-0.25, -0.2) is 4.68 Å². The van der Waals surface area contributed by atoms with Crippen LogP contribution in [0.1, 0.15) is 28.7 Å². The van der Waals surface area contributed by atoms with Gasteiger partial charge in [0.2, 0.25) is 0 Å². The lowest BCUT2D eigenvalue weighted by Gasteiger charge is -2.06. The molecule has 6 nitrogen and oxygen atoms in total. The number of nitrogens with one attached hydrogen (secondary N) is 1. The van der Waals surface area contributed by atoms with Crippen LogP contribution in [0.25, 0.3) is 5.69 Å². The molecule has 0 spiro atoms. The zero-order valence-corrected chi connectivity index (χ0v) is 14.5. The fourth-order valence-corrected chi connectivity index (χ4v) is 2.52. The standard InChI is InChI=1S/C19H20N4O2/c1-4-14-5-7-15(8-6-14)20-19(24)18-13(2)23(22-21-18)16-9-11-17(25-3)12-10-16/h5-12H,4H2,1-3H3,(H,20,24). The maximum atomic E-state index is 12.5. The molecule has 0 aliphatic carbocycles. The Balaban J connectivity index is 1.80. The minimum absolute atomic E-state index is 0.276. The second-order valence-corrected chi connectivity index (χ2v) is 5.64. The van der Waals surface area contributed by atoms with Gasteiger partial charge >= 0.3 is 0 Å². The predicted molar refractivity (Wildman–Crippen MR) is 96.4 cm³/mol. The van der Waals surface area contributed by atoms with Crippen molar-refractivity contribution in [1.29, 1.82) is 0 Å². The van der Waals surface area contributed by atoms with Crippen molar-refractivity contribution in [3.8, 4) is 11.4 Å². The molecule has 0 unspecified atom stereocenters. The molecule has 6 heteroatoms. The Hall–Kier alpha value is -3.15. The van der Waals surface area contributed by atoms with E-state index in [0.29, 0.717) is 11.4 Å². The molecule has 0 atom stereocenters. The van der Waals surface area contributed by atoms with Gasteiger partial charge in [0.1, 0.15) is 5.75 Å². The van der Waals surface area contributed by atoms with Crippen LogP contribution in [0.4, 0.5) is 5.69 Å². The molecule has 0 aliphatic rings. The number of amides is 1. The Morgan fingerprint density at radius 3 is 2.40 bits per heavy atom. The first-order valence-electron chi connectivity index (χ1n) is 8.09. The molecule has 1 amide bonds. The van der Waals surface area contributed by atoms with E-state index in [4.69, 9.17) is 4.74 Å². The Kier molecular flexibility index (Phi) is 4.79. The van der Waals surface area contributed by atoms with Crippen LogP contribution in [0.2, 0.25) is 0 Å². The number of methoxy groups -OCH3 is 1. The molecule has 1 heterocycles. The van der Waals surface area contributed by atoms with E-state index in [9.17, 15) is 4.79 Å². The lowest BCUT2D eigenvalue weighted by molar-refractivity contribution is 0.102. The quantitative estimate of drug-likeness (QED) is 0.775. The highest BCUT2D eigenvalue weighted by atomic mass is 16.5. The highest BCUT2D eigenvalue weighted by molar-refractivity contribution is 6.03. The number of nitrogens with zero attached hydrogens (tertiary/aromatic N) is 3. The van der Waals surface area contributed by atoms with E-state index in [1.54, 1.807) is 11.8 Å². The zero-order chi connectivity index (χ0) is 17.8. The molecule has 1 aromatic heterocycles. The van der Waals surface area contributed by atoms with Gasteiger partial charge in [0.25, 0.3) is 5.91 Å². The van der Waals surface area contributed by atoms with Crippen molar-refractivity contribution in [2.75, 3.05) is 12.4 Å². The van der Waals surface area contributed by atoms with Crippen LogP contribution in [0, 0.1) is 6.92 Å². The summed E-state index contributed by atoms with van der Waals surface area (Å²) >= 11 is 0. The third-order valence-electron chi connectivity index (χ3n) is 4.05. The second kappa shape index (κ2) is 7.17. The molecule has 0 aliphatic heterocycles. The lowest BCUT2D eigenvalue weighted by Crippen LogP contribution is -2.14. The van der Waals surface area contributed by atoms with Gasteiger partial charge in [-0.05, 0) is 55.3 Å². The van der Waals surface area contributed by atoms with Gasteiger partial charge in [-0.15, -0.1) is 5.10 Å². The first-order chi connectivity index (χ1) is 12.1. The highest BCUT2D eigenvalue weighted by Crippen LogP contribution is 2.18. The smallest absolute Gasteiger partial charge is 0.278 e. The Morgan fingerprint density at radius 1 is 1.12 bits per heavy atom. The molecule has 128 valence electrons. The maximum Gasteiger partial charge on any atom is 0.278 e.